The van der Waals surface area contributed by atoms with E-state index in [-0.39, 0.29) is 6.04 Å². The molecule has 0 amide bonds. The predicted octanol–water partition coefficient (Wildman–Crippen LogP) is 4.42. The van der Waals surface area contributed by atoms with Gasteiger partial charge in [0.1, 0.15) is 12.4 Å². The van der Waals surface area contributed by atoms with Gasteiger partial charge in [-0.15, -0.1) is 11.3 Å². The fourth-order valence-corrected chi connectivity index (χ4v) is 3.09. The van der Waals surface area contributed by atoms with Crippen molar-refractivity contribution in [1.29, 1.82) is 0 Å². The summed E-state index contributed by atoms with van der Waals surface area (Å²) in [6, 6.07) is 8.16. The first-order chi connectivity index (χ1) is 8.58. The highest BCUT2D eigenvalue weighted by Crippen LogP contribution is 2.28. The lowest BCUT2D eigenvalue weighted by Gasteiger charge is -2.14. The molecule has 1 heterocycles. The molecule has 4 heteroatoms. The highest BCUT2D eigenvalue weighted by molar-refractivity contribution is 9.10. The van der Waals surface area contributed by atoms with Crippen LogP contribution in [0.5, 0.6) is 5.75 Å². The summed E-state index contributed by atoms with van der Waals surface area (Å²) in [6.07, 6.45) is 0. The van der Waals surface area contributed by atoms with Crippen LogP contribution in [0.1, 0.15) is 29.0 Å². The van der Waals surface area contributed by atoms with Crippen LogP contribution < -0.4 is 10.5 Å². The Hall–Kier alpha value is -0.840. The van der Waals surface area contributed by atoms with Gasteiger partial charge in [0.05, 0.1) is 4.88 Å². The van der Waals surface area contributed by atoms with Gasteiger partial charge in [-0.2, -0.15) is 0 Å². The lowest BCUT2D eigenvalue weighted by Crippen LogP contribution is -2.08. The molecular weight excluding hydrogens is 310 g/mol. The highest BCUT2D eigenvalue weighted by Gasteiger charge is 2.09. The Labute approximate surface area is 120 Å². The number of hydrogen-bond donors (Lipinski definition) is 1. The van der Waals surface area contributed by atoms with Gasteiger partial charge in [-0.3, -0.25) is 0 Å². The first-order valence-electron chi connectivity index (χ1n) is 5.78. The van der Waals surface area contributed by atoms with Crippen LogP contribution in [0.15, 0.2) is 34.1 Å². The Morgan fingerprint density at radius 2 is 2.17 bits per heavy atom. The molecule has 0 unspecified atom stereocenters. The van der Waals surface area contributed by atoms with Crippen LogP contribution in [0.2, 0.25) is 0 Å². The summed E-state index contributed by atoms with van der Waals surface area (Å²) in [5, 5.41) is 2.05. The fraction of sp³-hybridized carbons (Fsp3) is 0.286. The topological polar surface area (TPSA) is 35.2 Å². The lowest BCUT2D eigenvalue weighted by atomic mass is 10.1. The highest BCUT2D eigenvalue weighted by atomic mass is 79.9. The van der Waals surface area contributed by atoms with Crippen LogP contribution >= 0.6 is 27.3 Å². The Bertz CT molecular complexity index is 536. The Morgan fingerprint density at radius 3 is 2.78 bits per heavy atom. The van der Waals surface area contributed by atoms with E-state index >= 15 is 0 Å². The van der Waals surface area contributed by atoms with E-state index in [2.05, 4.69) is 28.9 Å². The molecule has 2 aromatic rings. The van der Waals surface area contributed by atoms with Gasteiger partial charge < -0.3 is 10.5 Å². The predicted molar refractivity (Wildman–Crippen MR) is 80.1 cm³/mol. The molecule has 1 aromatic heterocycles. The smallest absolute Gasteiger partial charge is 0.124 e. The molecule has 1 aromatic carbocycles. The van der Waals surface area contributed by atoms with Gasteiger partial charge in [-0.25, -0.2) is 0 Å². The zero-order chi connectivity index (χ0) is 13.1. The molecule has 96 valence electrons. The minimum Gasteiger partial charge on any atom is -0.488 e. The van der Waals surface area contributed by atoms with E-state index < -0.39 is 0 Å². The molecule has 18 heavy (non-hydrogen) atoms. The average molecular weight is 326 g/mol. The van der Waals surface area contributed by atoms with Crippen LogP contribution in [-0.2, 0) is 6.61 Å². The molecule has 0 saturated heterocycles. The molecule has 2 N–H and O–H groups in total. The van der Waals surface area contributed by atoms with Crippen LogP contribution in [0.3, 0.4) is 0 Å². The quantitative estimate of drug-likeness (QED) is 0.903. The van der Waals surface area contributed by atoms with Crippen molar-refractivity contribution in [2.45, 2.75) is 26.5 Å². The Kier molecular flexibility index (Phi) is 4.43. The summed E-state index contributed by atoms with van der Waals surface area (Å²) in [5.74, 6) is 0.880. The van der Waals surface area contributed by atoms with E-state index in [0.29, 0.717) is 6.61 Å². The summed E-state index contributed by atoms with van der Waals surface area (Å²) in [4.78, 5) is 1.19. The number of rotatable bonds is 4. The average Bonchev–Trinajstić information content (AvgIpc) is 2.72. The molecule has 0 aliphatic heterocycles. The SMILES string of the molecule is Cc1ccc([C@@H](C)N)c(OCc2sccc2Br)c1. The van der Waals surface area contributed by atoms with Crippen molar-refractivity contribution in [1.82, 2.24) is 0 Å². The van der Waals surface area contributed by atoms with Crippen molar-refractivity contribution in [3.8, 4) is 5.75 Å². The summed E-state index contributed by atoms with van der Waals surface area (Å²) >= 11 is 5.19. The molecule has 1 atom stereocenters. The minimum atomic E-state index is -0.0209. The van der Waals surface area contributed by atoms with E-state index in [1.807, 2.05) is 30.5 Å². The normalized spacial score (nSPS) is 12.4. The molecule has 0 fully saturated rings. The van der Waals surface area contributed by atoms with Crippen molar-refractivity contribution in [3.63, 3.8) is 0 Å². The van der Waals surface area contributed by atoms with Gasteiger partial charge in [0.2, 0.25) is 0 Å². The van der Waals surface area contributed by atoms with Gasteiger partial charge in [0.25, 0.3) is 0 Å². The number of hydrogen-bond acceptors (Lipinski definition) is 3. The number of aryl methyl sites for hydroxylation is 1. The van der Waals surface area contributed by atoms with E-state index in [4.69, 9.17) is 10.5 Å². The van der Waals surface area contributed by atoms with Gasteiger partial charge in [0, 0.05) is 16.1 Å². The first kappa shape index (κ1) is 13.6. The second-order valence-corrected chi connectivity index (χ2v) is 6.17. The van der Waals surface area contributed by atoms with Gasteiger partial charge in [-0.05, 0) is 52.9 Å². The summed E-state index contributed by atoms with van der Waals surface area (Å²) in [7, 11) is 0. The van der Waals surface area contributed by atoms with Crippen molar-refractivity contribution in [2.24, 2.45) is 5.73 Å². The zero-order valence-electron chi connectivity index (χ0n) is 10.4. The number of thiophene rings is 1. The zero-order valence-corrected chi connectivity index (χ0v) is 12.8. The van der Waals surface area contributed by atoms with Crippen LogP contribution in [0.4, 0.5) is 0 Å². The lowest BCUT2D eigenvalue weighted by molar-refractivity contribution is 0.304. The third-order valence-corrected chi connectivity index (χ3v) is 4.61. The van der Waals surface area contributed by atoms with Gasteiger partial charge in [-0.1, -0.05) is 12.1 Å². The van der Waals surface area contributed by atoms with E-state index in [1.165, 1.54) is 10.4 Å². The van der Waals surface area contributed by atoms with Crippen molar-refractivity contribution >= 4 is 27.3 Å². The van der Waals surface area contributed by atoms with Crippen molar-refractivity contribution in [3.05, 3.63) is 50.1 Å². The van der Waals surface area contributed by atoms with Crippen molar-refractivity contribution in [2.75, 3.05) is 0 Å². The number of nitrogens with two attached hydrogens (primary N) is 1. The van der Waals surface area contributed by atoms with Crippen LogP contribution in [-0.4, -0.2) is 0 Å². The number of ether oxygens (including phenoxy) is 1. The monoisotopic (exact) mass is 325 g/mol. The van der Waals surface area contributed by atoms with Gasteiger partial charge >= 0.3 is 0 Å². The van der Waals surface area contributed by atoms with E-state index in [1.54, 1.807) is 11.3 Å². The molecule has 0 saturated carbocycles. The molecule has 0 bridgehead atoms. The third kappa shape index (κ3) is 3.13. The molecule has 0 aliphatic carbocycles. The summed E-state index contributed by atoms with van der Waals surface area (Å²) in [5.41, 5.74) is 8.19. The molecular formula is C14H16BrNOS. The van der Waals surface area contributed by atoms with Gasteiger partial charge in [0.15, 0.2) is 0 Å². The first-order valence-corrected chi connectivity index (χ1v) is 7.46. The van der Waals surface area contributed by atoms with E-state index in [9.17, 15) is 0 Å². The number of benzene rings is 1. The minimum absolute atomic E-state index is 0.0209. The Morgan fingerprint density at radius 1 is 1.39 bits per heavy atom. The second-order valence-electron chi connectivity index (χ2n) is 4.31. The molecule has 0 spiro atoms. The van der Waals surface area contributed by atoms with E-state index in [0.717, 1.165) is 15.8 Å². The molecule has 2 rings (SSSR count). The standard InChI is InChI=1S/C14H16BrNOS/c1-9-3-4-11(10(2)16)13(7-9)17-8-14-12(15)5-6-18-14/h3-7,10H,8,16H2,1-2H3/t10-/m1/s1. The maximum absolute atomic E-state index is 5.96. The molecule has 2 nitrogen and oxygen atoms in total. The Balaban J connectivity index is 2.18. The van der Waals surface area contributed by atoms with Crippen molar-refractivity contribution < 1.29 is 4.74 Å². The largest absolute Gasteiger partial charge is 0.488 e. The summed E-state index contributed by atoms with van der Waals surface area (Å²) in [6.45, 7) is 4.60. The fourth-order valence-electron chi connectivity index (χ4n) is 1.71. The third-order valence-electron chi connectivity index (χ3n) is 2.71. The number of halogens is 1. The molecule has 0 aliphatic rings. The van der Waals surface area contributed by atoms with Crippen LogP contribution in [0, 0.1) is 6.92 Å². The second kappa shape index (κ2) is 5.87. The maximum Gasteiger partial charge on any atom is 0.124 e. The maximum atomic E-state index is 5.96. The van der Waals surface area contributed by atoms with Crippen LogP contribution in [0.25, 0.3) is 0 Å². The summed E-state index contributed by atoms with van der Waals surface area (Å²) < 4.78 is 7.00. The molecule has 0 radical (unpaired) electrons.